The summed E-state index contributed by atoms with van der Waals surface area (Å²) in [6.45, 7) is 16.1. The number of nitrogens with zero attached hydrogens (tertiary/aromatic N) is 4. The highest BCUT2D eigenvalue weighted by Gasteiger charge is 2.35. The largest absolute Gasteiger partial charge is 0.301 e. The van der Waals surface area contributed by atoms with Crippen molar-refractivity contribution in [3.05, 3.63) is 69.8 Å². The number of carbonyl (C=O) groups excluding carboxylic acids is 1. The van der Waals surface area contributed by atoms with E-state index in [2.05, 4.69) is 80.8 Å². The van der Waals surface area contributed by atoms with Gasteiger partial charge in [0.2, 0.25) is 0 Å². The van der Waals surface area contributed by atoms with Crippen LogP contribution in [0.5, 0.6) is 0 Å². The van der Waals surface area contributed by atoms with E-state index in [-0.39, 0.29) is 11.9 Å². The van der Waals surface area contributed by atoms with Crippen molar-refractivity contribution in [1.82, 2.24) is 14.8 Å². The summed E-state index contributed by atoms with van der Waals surface area (Å²) in [4.78, 5) is 18.2. The average molecular weight is 433 g/mol. The molecule has 0 aliphatic carbocycles. The number of piperazine rings is 1. The third-order valence-corrected chi connectivity index (χ3v) is 6.92. The van der Waals surface area contributed by atoms with Crippen LogP contribution in [-0.2, 0) is 4.79 Å². The number of hydrogen-bond donors (Lipinski definition) is 0. The number of likely N-dealkylation sites (N-methyl/N-ethyl adjacent to an activating group) is 1. The summed E-state index contributed by atoms with van der Waals surface area (Å²) in [5.74, 6) is 0.0978. The summed E-state index contributed by atoms with van der Waals surface area (Å²) in [7, 11) is 0. The molecule has 2 heterocycles. The van der Waals surface area contributed by atoms with Crippen LogP contribution in [0.15, 0.2) is 41.5 Å². The van der Waals surface area contributed by atoms with E-state index in [0.29, 0.717) is 6.54 Å². The van der Waals surface area contributed by atoms with Gasteiger partial charge in [-0.15, -0.1) is 0 Å². The molecule has 1 saturated heterocycles. The molecule has 5 nitrogen and oxygen atoms in total. The lowest BCUT2D eigenvalue weighted by molar-refractivity contribution is -0.134. The first-order chi connectivity index (χ1) is 15.4. The monoisotopic (exact) mass is 432 g/mol. The van der Waals surface area contributed by atoms with Crippen LogP contribution in [0.25, 0.3) is 0 Å². The third-order valence-electron chi connectivity index (χ3n) is 6.92. The topological polar surface area (TPSA) is 39.1 Å². The van der Waals surface area contributed by atoms with Gasteiger partial charge in [0.25, 0.3) is 5.91 Å². The molecule has 1 fully saturated rings. The molecule has 170 valence electrons. The lowest BCUT2D eigenvalue weighted by Crippen LogP contribution is -2.49. The second-order valence-corrected chi connectivity index (χ2v) is 9.39. The zero-order valence-corrected chi connectivity index (χ0v) is 20.2. The van der Waals surface area contributed by atoms with Gasteiger partial charge >= 0.3 is 0 Å². The van der Waals surface area contributed by atoms with E-state index < -0.39 is 0 Å². The molecule has 0 bridgehead atoms. The van der Waals surface area contributed by atoms with Gasteiger partial charge in [0, 0.05) is 38.2 Å². The smallest absolute Gasteiger partial charge is 0.257 e. The van der Waals surface area contributed by atoms with E-state index in [1.807, 2.05) is 0 Å². The van der Waals surface area contributed by atoms with Gasteiger partial charge in [0.1, 0.15) is 0 Å². The second-order valence-electron chi connectivity index (χ2n) is 9.39. The molecule has 0 radical (unpaired) electrons. The summed E-state index contributed by atoms with van der Waals surface area (Å²) in [5.41, 5.74) is 8.26. The summed E-state index contributed by atoms with van der Waals surface area (Å²) in [5, 5.41) is 6.72. The Hall–Kier alpha value is -2.50. The van der Waals surface area contributed by atoms with Gasteiger partial charge in [-0.25, -0.2) is 5.01 Å². The lowest BCUT2D eigenvalue weighted by atomic mass is 9.92. The zero-order chi connectivity index (χ0) is 22.8. The predicted molar refractivity (Wildman–Crippen MR) is 131 cm³/mol. The zero-order valence-electron chi connectivity index (χ0n) is 20.2. The van der Waals surface area contributed by atoms with E-state index in [0.717, 1.165) is 50.4 Å². The predicted octanol–water partition coefficient (Wildman–Crippen LogP) is 4.24. The molecule has 2 aliphatic heterocycles. The minimum atomic E-state index is -0.0463. The Kier molecular flexibility index (Phi) is 6.77. The highest BCUT2D eigenvalue weighted by molar-refractivity contribution is 6.04. The summed E-state index contributed by atoms with van der Waals surface area (Å²) < 4.78 is 0. The molecule has 1 amide bonds. The van der Waals surface area contributed by atoms with Crippen molar-refractivity contribution in [2.75, 3.05) is 39.3 Å². The molecule has 1 atom stereocenters. The van der Waals surface area contributed by atoms with Gasteiger partial charge in [0.05, 0.1) is 18.3 Å². The van der Waals surface area contributed by atoms with E-state index >= 15 is 0 Å². The highest BCUT2D eigenvalue weighted by Crippen LogP contribution is 2.35. The van der Waals surface area contributed by atoms with E-state index in [1.165, 1.54) is 27.8 Å². The summed E-state index contributed by atoms with van der Waals surface area (Å²) in [6, 6.07) is 13.0. The maximum absolute atomic E-state index is 13.5. The van der Waals surface area contributed by atoms with Crippen LogP contribution < -0.4 is 0 Å². The molecule has 0 N–H and O–H groups in total. The molecule has 2 aliphatic rings. The Morgan fingerprint density at radius 1 is 0.906 bits per heavy atom. The molecular formula is C27H36N4O. The van der Waals surface area contributed by atoms with Gasteiger partial charge in [-0.3, -0.25) is 9.69 Å². The van der Waals surface area contributed by atoms with Crippen LogP contribution >= 0.6 is 0 Å². The molecule has 32 heavy (non-hydrogen) atoms. The average Bonchev–Trinajstić information content (AvgIpc) is 3.21. The van der Waals surface area contributed by atoms with Crippen LogP contribution in [0.1, 0.15) is 52.8 Å². The van der Waals surface area contributed by atoms with Crippen LogP contribution in [0.3, 0.4) is 0 Å². The van der Waals surface area contributed by atoms with Crippen molar-refractivity contribution < 1.29 is 4.79 Å². The van der Waals surface area contributed by atoms with Crippen LogP contribution in [-0.4, -0.2) is 65.7 Å². The number of carbonyl (C=O) groups is 1. The van der Waals surface area contributed by atoms with E-state index in [4.69, 9.17) is 5.10 Å². The number of amides is 1. The van der Waals surface area contributed by atoms with Gasteiger partial charge in [-0.1, -0.05) is 54.4 Å². The maximum Gasteiger partial charge on any atom is 0.257 e. The Labute approximate surface area is 192 Å². The Morgan fingerprint density at radius 3 is 2.25 bits per heavy atom. The van der Waals surface area contributed by atoms with E-state index in [1.54, 1.807) is 5.01 Å². The second kappa shape index (κ2) is 9.55. The minimum absolute atomic E-state index is 0.0463. The number of hydrazone groups is 1. The normalized spacial score (nSPS) is 20.0. The molecule has 0 aromatic heterocycles. The molecule has 0 spiro atoms. The quantitative estimate of drug-likeness (QED) is 0.710. The molecule has 4 rings (SSSR count). The number of aryl methyl sites for hydroxylation is 4. The maximum atomic E-state index is 13.5. The Balaban J connectivity index is 1.62. The van der Waals surface area contributed by atoms with Crippen molar-refractivity contribution in [2.24, 2.45) is 5.10 Å². The fourth-order valence-electron chi connectivity index (χ4n) is 4.93. The van der Waals surface area contributed by atoms with Crippen molar-refractivity contribution in [3.63, 3.8) is 0 Å². The SMILES string of the molecule is CCN1CCN(CC(=O)N2N=C(c3ccc(C)cc3C)C[C@@H]2c2cc(C)ccc2C)CC1. The number of benzene rings is 2. The van der Waals surface area contributed by atoms with Crippen LogP contribution in [0, 0.1) is 27.7 Å². The number of rotatable bonds is 5. The fourth-order valence-corrected chi connectivity index (χ4v) is 4.93. The van der Waals surface area contributed by atoms with Crippen LogP contribution in [0.4, 0.5) is 0 Å². The third kappa shape index (κ3) is 4.79. The first-order valence-corrected chi connectivity index (χ1v) is 11.8. The lowest BCUT2D eigenvalue weighted by Gasteiger charge is -2.34. The van der Waals surface area contributed by atoms with Gasteiger partial charge in [-0.05, 0) is 50.9 Å². The van der Waals surface area contributed by atoms with E-state index in [9.17, 15) is 4.79 Å². The minimum Gasteiger partial charge on any atom is -0.301 e. The summed E-state index contributed by atoms with van der Waals surface area (Å²) >= 11 is 0. The van der Waals surface area contributed by atoms with Crippen molar-refractivity contribution >= 4 is 11.6 Å². The summed E-state index contributed by atoms with van der Waals surface area (Å²) in [6.07, 6.45) is 0.754. The van der Waals surface area contributed by atoms with Crippen molar-refractivity contribution in [1.29, 1.82) is 0 Å². The molecule has 0 saturated carbocycles. The van der Waals surface area contributed by atoms with Crippen molar-refractivity contribution in [3.8, 4) is 0 Å². The van der Waals surface area contributed by atoms with Gasteiger partial charge in [0.15, 0.2) is 0 Å². The highest BCUT2D eigenvalue weighted by atomic mass is 16.2. The Bertz CT molecular complexity index is 1020. The fraction of sp³-hybridized carbons (Fsp3) is 0.481. The van der Waals surface area contributed by atoms with Crippen molar-refractivity contribution in [2.45, 2.75) is 47.1 Å². The molecule has 2 aromatic carbocycles. The standard InChI is InChI=1S/C27H36N4O/c1-6-29-11-13-30(14-12-29)18-27(32)31-26(24-16-20(3)7-9-21(24)4)17-25(28-31)23-10-8-19(2)15-22(23)5/h7-10,15-16,26H,6,11-14,17-18H2,1-5H3/t26-/m1/s1. The van der Waals surface area contributed by atoms with Gasteiger partial charge in [-0.2, -0.15) is 5.10 Å². The first-order valence-electron chi connectivity index (χ1n) is 11.8. The van der Waals surface area contributed by atoms with Crippen LogP contribution in [0.2, 0.25) is 0 Å². The first kappa shape index (κ1) is 22.7. The molecule has 5 heteroatoms. The Morgan fingerprint density at radius 2 is 1.56 bits per heavy atom. The van der Waals surface area contributed by atoms with Gasteiger partial charge < -0.3 is 4.90 Å². The molecule has 2 aromatic rings. The molecule has 0 unspecified atom stereocenters. The molecular weight excluding hydrogens is 396 g/mol. The number of hydrogen-bond acceptors (Lipinski definition) is 4.